The third-order valence-corrected chi connectivity index (χ3v) is 9.03. The van der Waals surface area contributed by atoms with Crippen LogP contribution in [0.1, 0.15) is 110 Å². The molecule has 0 bridgehead atoms. The van der Waals surface area contributed by atoms with E-state index in [1.165, 1.54) is 50.5 Å². The van der Waals surface area contributed by atoms with Crippen LogP contribution >= 0.6 is 8.24 Å². The van der Waals surface area contributed by atoms with Gasteiger partial charge in [0.2, 0.25) is 0 Å². The number of hydrogen-bond acceptors (Lipinski definition) is 5. The second-order valence-corrected chi connectivity index (χ2v) is 14.6. The molecular weight excluding hydrogens is 555 g/mol. The van der Waals surface area contributed by atoms with E-state index in [9.17, 15) is 0 Å². The Morgan fingerprint density at radius 1 is 0.605 bits per heavy atom. The van der Waals surface area contributed by atoms with E-state index in [0.717, 1.165) is 56.7 Å². The van der Waals surface area contributed by atoms with Gasteiger partial charge in [-0.3, -0.25) is 0 Å². The van der Waals surface area contributed by atoms with Crippen LogP contribution in [0.15, 0.2) is 56.9 Å². The Labute approximate surface area is 259 Å². The molecule has 0 aliphatic rings. The van der Waals surface area contributed by atoms with Gasteiger partial charge in [-0.1, -0.05) is 99.1 Å². The fraction of sp³-hybridized carbons (Fsp3) is 0.514. The maximum Gasteiger partial charge on any atom is 0.453 e. The summed E-state index contributed by atoms with van der Waals surface area (Å²) in [7, 11) is 1.58. The summed E-state index contributed by atoms with van der Waals surface area (Å²) in [6.45, 7) is 15.3. The number of hydrogen-bond donors (Lipinski definition) is 0. The molecule has 5 nitrogen and oxygen atoms in total. The van der Waals surface area contributed by atoms with E-state index < -0.39 is 8.24 Å². The minimum Gasteiger partial charge on any atom is -0.497 e. The molecule has 4 aromatic rings. The molecule has 234 valence electrons. The molecule has 4 rings (SSSR count). The van der Waals surface area contributed by atoms with Crippen molar-refractivity contribution in [3.05, 3.63) is 65.2 Å². The molecule has 0 aliphatic heterocycles. The lowest BCUT2D eigenvalue weighted by molar-refractivity contribution is 0.413. The highest BCUT2D eigenvalue weighted by molar-refractivity contribution is 7.32. The maximum atomic E-state index is 6.72. The number of benzene rings is 3. The SMILES string of the molecule is CCCCCCCCCc1ccc(Op2oc3c(C(C)(C)C)cc(OC)cc3c3cc(OC)cc(C(C)(C)C)c3o2)cc1. The summed E-state index contributed by atoms with van der Waals surface area (Å²) in [5.74, 6) is 2.26. The van der Waals surface area contributed by atoms with Crippen LogP contribution in [0.5, 0.6) is 17.2 Å². The highest BCUT2D eigenvalue weighted by Crippen LogP contribution is 2.45. The molecule has 0 radical (unpaired) electrons. The van der Waals surface area contributed by atoms with Gasteiger partial charge in [-0.05, 0) is 65.6 Å². The molecule has 1 aromatic heterocycles. The van der Waals surface area contributed by atoms with Crippen LogP contribution in [-0.4, -0.2) is 14.2 Å². The molecular formula is C37H51O5P. The first-order chi connectivity index (χ1) is 20.4. The number of unbranched alkanes of at least 4 members (excludes halogenated alkanes) is 6. The van der Waals surface area contributed by atoms with Crippen molar-refractivity contribution in [1.29, 1.82) is 0 Å². The molecule has 0 saturated carbocycles. The number of methoxy groups -OCH3 is 2. The average Bonchev–Trinajstić information content (AvgIpc) is 3.11. The van der Waals surface area contributed by atoms with Crippen LogP contribution in [0.2, 0.25) is 0 Å². The minimum absolute atomic E-state index is 0.215. The third-order valence-electron chi connectivity index (χ3n) is 8.01. The molecule has 0 aliphatic carbocycles. The van der Waals surface area contributed by atoms with Crippen molar-refractivity contribution in [2.75, 3.05) is 14.2 Å². The standard InChI is InChI=1S/C37H51O5P/c1-10-11-12-13-14-15-16-17-26-18-20-27(21-19-26)40-43-41-34-30(22-28(38-8)24-32(34)36(2,3)4)31-23-29(39-9)25-33(35(31)42-43)37(5,6)7/h18-25H,10-17H2,1-9H3. The second-order valence-electron chi connectivity index (χ2n) is 13.6. The molecule has 0 unspecified atom stereocenters. The summed E-state index contributed by atoms with van der Waals surface area (Å²) in [6, 6.07) is 16.6. The van der Waals surface area contributed by atoms with E-state index in [1.807, 2.05) is 24.3 Å². The van der Waals surface area contributed by atoms with Crippen LogP contribution < -0.4 is 14.0 Å². The number of aryl methyl sites for hydroxylation is 1. The summed E-state index contributed by atoms with van der Waals surface area (Å²) in [6.07, 6.45) is 10.3. The smallest absolute Gasteiger partial charge is 0.453 e. The average molecular weight is 607 g/mol. The van der Waals surface area contributed by atoms with Gasteiger partial charge in [-0.2, -0.15) is 0 Å². The number of fused-ring (bicyclic) bond motifs is 3. The van der Waals surface area contributed by atoms with Gasteiger partial charge in [-0.25, -0.2) is 0 Å². The Morgan fingerprint density at radius 3 is 1.51 bits per heavy atom. The van der Waals surface area contributed by atoms with Gasteiger partial charge in [-0.15, -0.1) is 0 Å². The van der Waals surface area contributed by atoms with E-state index in [1.54, 1.807) is 14.2 Å². The summed E-state index contributed by atoms with van der Waals surface area (Å²) in [4.78, 5) is 0. The quantitative estimate of drug-likeness (QED) is 0.150. The third kappa shape index (κ3) is 8.32. The Balaban J connectivity index is 1.79. The van der Waals surface area contributed by atoms with Crippen molar-refractivity contribution in [3.63, 3.8) is 0 Å². The highest BCUT2D eigenvalue weighted by atomic mass is 31.1. The molecule has 0 fully saturated rings. The number of ether oxygens (including phenoxy) is 2. The van der Waals surface area contributed by atoms with E-state index >= 15 is 0 Å². The second kappa shape index (κ2) is 14.2. The van der Waals surface area contributed by atoms with Crippen LogP contribution in [-0.2, 0) is 17.3 Å². The van der Waals surface area contributed by atoms with E-state index in [4.69, 9.17) is 22.4 Å². The van der Waals surface area contributed by atoms with Crippen LogP contribution in [0.25, 0.3) is 21.9 Å². The molecule has 43 heavy (non-hydrogen) atoms. The van der Waals surface area contributed by atoms with Crippen molar-refractivity contribution in [3.8, 4) is 17.2 Å². The molecule has 0 saturated heterocycles. The van der Waals surface area contributed by atoms with Crippen molar-refractivity contribution in [2.24, 2.45) is 0 Å². The van der Waals surface area contributed by atoms with Crippen molar-refractivity contribution < 1.29 is 22.4 Å². The van der Waals surface area contributed by atoms with Gasteiger partial charge in [0, 0.05) is 21.9 Å². The van der Waals surface area contributed by atoms with Crippen LogP contribution in [0, 0.1) is 0 Å². The monoisotopic (exact) mass is 606 g/mol. The highest BCUT2D eigenvalue weighted by Gasteiger charge is 2.26. The first-order valence-electron chi connectivity index (χ1n) is 15.8. The molecule has 6 heteroatoms. The largest absolute Gasteiger partial charge is 0.497 e. The van der Waals surface area contributed by atoms with Crippen LogP contribution in [0.4, 0.5) is 0 Å². The predicted molar refractivity (Wildman–Crippen MR) is 181 cm³/mol. The topological polar surface area (TPSA) is 54.0 Å². The Hall–Kier alpha value is -3.04. The summed E-state index contributed by atoms with van der Waals surface area (Å²) < 4.78 is 31.4. The zero-order valence-corrected chi connectivity index (χ0v) is 28.7. The molecule has 0 spiro atoms. The molecule has 0 atom stereocenters. The summed E-state index contributed by atoms with van der Waals surface area (Å²) in [5, 5.41) is 1.81. The van der Waals surface area contributed by atoms with Gasteiger partial charge < -0.3 is 22.4 Å². The van der Waals surface area contributed by atoms with Gasteiger partial charge in [0.25, 0.3) is 0 Å². The summed E-state index contributed by atoms with van der Waals surface area (Å²) in [5.41, 5.74) is 4.46. The lowest BCUT2D eigenvalue weighted by atomic mass is 9.84. The first-order valence-corrected chi connectivity index (χ1v) is 16.9. The lowest BCUT2D eigenvalue weighted by Crippen LogP contribution is -2.12. The summed E-state index contributed by atoms with van der Waals surface area (Å²) >= 11 is 0. The zero-order chi connectivity index (χ0) is 31.2. The zero-order valence-electron chi connectivity index (χ0n) is 27.8. The van der Waals surface area contributed by atoms with Crippen molar-refractivity contribution >= 4 is 30.2 Å². The number of rotatable bonds is 12. The maximum absolute atomic E-state index is 6.72. The predicted octanol–water partition coefficient (Wildman–Crippen LogP) is 12.0. The fourth-order valence-electron chi connectivity index (χ4n) is 5.45. The molecule has 0 amide bonds. The first kappa shape index (κ1) is 32.9. The van der Waals surface area contributed by atoms with E-state index in [0.29, 0.717) is 0 Å². The van der Waals surface area contributed by atoms with Gasteiger partial charge in [0.1, 0.15) is 28.4 Å². The lowest BCUT2D eigenvalue weighted by Gasteiger charge is -2.21. The Morgan fingerprint density at radius 2 is 1.07 bits per heavy atom. The normalized spacial score (nSPS) is 12.1. The van der Waals surface area contributed by atoms with Crippen molar-refractivity contribution in [2.45, 2.75) is 111 Å². The van der Waals surface area contributed by atoms with Gasteiger partial charge in [0.05, 0.1) is 14.2 Å². The fourth-order valence-corrected chi connectivity index (χ4v) is 6.54. The van der Waals surface area contributed by atoms with Crippen molar-refractivity contribution in [1.82, 2.24) is 0 Å². The van der Waals surface area contributed by atoms with Gasteiger partial charge >= 0.3 is 8.24 Å². The van der Waals surface area contributed by atoms with Crippen LogP contribution in [0.3, 0.4) is 0 Å². The van der Waals surface area contributed by atoms with Gasteiger partial charge in [0.15, 0.2) is 0 Å². The molecule has 3 aromatic carbocycles. The molecule has 1 heterocycles. The molecule has 0 N–H and O–H groups in total. The minimum atomic E-state index is -1.81. The Bertz CT molecular complexity index is 1450. The van der Waals surface area contributed by atoms with E-state index in [2.05, 4.69) is 72.7 Å². The Kier molecular flexibility index (Phi) is 10.8. The van der Waals surface area contributed by atoms with E-state index in [-0.39, 0.29) is 10.8 Å².